The first-order chi connectivity index (χ1) is 9.52. The van der Waals surface area contributed by atoms with E-state index in [9.17, 15) is 31.9 Å². The van der Waals surface area contributed by atoms with Crippen molar-refractivity contribution >= 4 is 5.78 Å². The van der Waals surface area contributed by atoms with Crippen LogP contribution in [-0.2, 0) is 0 Å². The molecule has 0 fully saturated rings. The lowest BCUT2D eigenvalue weighted by Gasteiger charge is -2.38. The van der Waals surface area contributed by atoms with Crippen molar-refractivity contribution in [2.75, 3.05) is 7.11 Å². The molecular weight excluding hydrogens is 303 g/mol. The third-order valence-corrected chi connectivity index (χ3v) is 3.01. The molecular formula is C12H9F5O4. The Bertz CT molecular complexity index is 584. The molecule has 1 N–H and O–H groups in total. The number of aliphatic hydroxyl groups is 1. The summed E-state index contributed by atoms with van der Waals surface area (Å²) in [4.78, 5) is 11.7. The number of fused-ring (bicyclic) bond motifs is 1. The average molecular weight is 312 g/mol. The van der Waals surface area contributed by atoms with Crippen LogP contribution in [0.1, 0.15) is 16.8 Å². The molecule has 2 rings (SSSR count). The second kappa shape index (κ2) is 4.55. The zero-order valence-corrected chi connectivity index (χ0v) is 10.5. The molecule has 1 aliphatic rings. The smallest absolute Gasteiger partial charge is 0.460 e. The topological polar surface area (TPSA) is 55.8 Å². The molecule has 1 aromatic carbocycles. The number of ketones is 1. The molecule has 0 aliphatic carbocycles. The molecule has 4 nitrogen and oxygen atoms in total. The quantitative estimate of drug-likeness (QED) is 0.853. The number of Topliss-reactive ketones (excluding diaryl/α,β-unsaturated/α-hetero) is 1. The second-order valence-corrected chi connectivity index (χ2v) is 4.42. The number of ether oxygens (including phenoxy) is 2. The fourth-order valence-corrected chi connectivity index (χ4v) is 1.87. The highest BCUT2D eigenvalue weighted by atomic mass is 19.4. The third kappa shape index (κ3) is 2.31. The van der Waals surface area contributed by atoms with Crippen LogP contribution in [0.5, 0.6) is 11.5 Å². The summed E-state index contributed by atoms with van der Waals surface area (Å²) in [6.07, 6.45) is -7.59. The van der Waals surface area contributed by atoms with Crippen LogP contribution in [0.15, 0.2) is 18.2 Å². The van der Waals surface area contributed by atoms with E-state index in [1.165, 1.54) is 13.2 Å². The Hall–Kier alpha value is -1.90. The van der Waals surface area contributed by atoms with Gasteiger partial charge in [0.05, 0.1) is 19.1 Å². The van der Waals surface area contributed by atoms with Crippen molar-refractivity contribution in [3.05, 3.63) is 23.8 Å². The van der Waals surface area contributed by atoms with Gasteiger partial charge in [-0.15, -0.1) is 0 Å². The first-order valence-electron chi connectivity index (χ1n) is 5.59. The van der Waals surface area contributed by atoms with Crippen molar-refractivity contribution in [2.24, 2.45) is 0 Å². The average Bonchev–Trinajstić information content (AvgIpc) is 2.36. The van der Waals surface area contributed by atoms with Crippen molar-refractivity contribution in [3.63, 3.8) is 0 Å². The van der Waals surface area contributed by atoms with E-state index >= 15 is 0 Å². The molecule has 0 amide bonds. The number of benzene rings is 1. The molecule has 116 valence electrons. The number of rotatable bonds is 2. The number of halogens is 5. The van der Waals surface area contributed by atoms with Crippen LogP contribution in [0.2, 0.25) is 0 Å². The van der Waals surface area contributed by atoms with Gasteiger partial charge in [0.1, 0.15) is 11.5 Å². The summed E-state index contributed by atoms with van der Waals surface area (Å²) >= 11 is 0. The lowest BCUT2D eigenvalue weighted by Crippen LogP contribution is -2.62. The summed E-state index contributed by atoms with van der Waals surface area (Å²) in [5.74, 6) is -11.1. The maximum Gasteiger partial charge on any atom is 0.460 e. The van der Waals surface area contributed by atoms with Crippen molar-refractivity contribution in [1.29, 1.82) is 0 Å². The number of hydrogen-bond donors (Lipinski definition) is 1. The minimum atomic E-state index is -6.06. The van der Waals surface area contributed by atoms with Gasteiger partial charge in [-0.3, -0.25) is 4.79 Å². The van der Waals surface area contributed by atoms with E-state index in [1.807, 2.05) is 0 Å². The van der Waals surface area contributed by atoms with Gasteiger partial charge in [0.15, 0.2) is 5.78 Å². The molecule has 21 heavy (non-hydrogen) atoms. The number of methoxy groups -OCH3 is 1. The van der Waals surface area contributed by atoms with E-state index in [0.29, 0.717) is 0 Å². The Morgan fingerprint density at radius 1 is 1.29 bits per heavy atom. The molecule has 1 aliphatic heterocycles. The van der Waals surface area contributed by atoms with E-state index in [-0.39, 0.29) is 11.3 Å². The molecule has 0 saturated carbocycles. The lowest BCUT2D eigenvalue weighted by atomic mass is 9.93. The van der Waals surface area contributed by atoms with Gasteiger partial charge in [0, 0.05) is 0 Å². The molecule has 9 heteroatoms. The van der Waals surface area contributed by atoms with Gasteiger partial charge in [-0.2, -0.15) is 22.0 Å². The van der Waals surface area contributed by atoms with E-state index in [4.69, 9.17) is 4.74 Å². The Morgan fingerprint density at radius 2 is 1.90 bits per heavy atom. The maximum absolute atomic E-state index is 13.3. The van der Waals surface area contributed by atoms with Gasteiger partial charge in [-0.1, -0.05) is 0 Å². The summed E-state index contributed by atoms with van der Waals surface area (Å²) in [6, 6.07) is 3.30. The standard InChI is InChI=1S/C12H9F5O4/c1-20-6-2-3-9-7(4-6)8(18)5-10(19,21-9)11(13,14)12(15,16)17/h2-4,19H,5H2,1H3. The molecule has 0 radical (unpaired) electrons. The minimum absolute atomic E-state index is 0.193. The SMILES string of the molecule is COc1ccc2c(c1)C(=O)CC(O)(C(F)(F)C(F)(F)F)O2. The third-order valence-electron chi connectivity index (χ3n) is 3.01. The van der Waals surface area contributed by atoms with E-state index in [0.717, 1.165) is 12.1 Å². The highest BCUT2D eigenvalue weighted by Crippen LogP contribution is 2.48. The van der Waals surface area contributed by atoms with Gasteiger partial charge in [-0.25, -0.2) is 0 Å². The van der Waals surface area contributed by atoms with Gasteiger partial charge in [0.2, 0.25) is 0 Å². The molecule has 0 saturated heterocycles. The molecule has 0 spiro atoms. The largest absolute Gasteiger partial charge is 0.497 e. The van der Waals surface area contributed by atoms with Gasteiger partial charge in [-0.05, 0) is 18.2 Å². The minimum Gasteiger partial charge on any atom is -0.497 e. The first kappa shape index (κ1) is 15.5. The van der Waals surface area contributed by atoms with Gasteiger partial charge >= 0.3 is 12.1 Å². The van der Waals surface area contributed by atoms with Crippen LogP contribution >= 0.6 is 0 Å². The van der Waals surface area contributed by atoms with Crippen molar-refractivity contribution in [3.8, 4) is 11.5 Å². The predicted octanol–water partition coefficient (Wildman–Crippen LogP) is 2.55. The summed E-state index contributed by atoms with van der Waals surface area (Å²) in [5.41, 5.74) is -0.239. The first-order valence-corrected chi connectivity index (χ1v) is 5.59. The maximum atomic E-state index is 13.3. The van der Waals surface area contributed by atoms with Gasteiger partial charge in [0.25, 0.3) is 5.79 Å². The highest BCUT2D eigenvalue weighted by molar-refractivity contribution is 6.00. The van der Waals surface area contributed by atoms with Crippen LogP contribution in [0.4, 0.5) is 22.0 Å². The zero-order valence-electron chi connectivity index (χ0n) is 10.5. The van der Waals surface area contributed by atoms with Crippen LogP contribution in [0.3, 0.4) is 0 Å². The predicted molar refractivity (Wildman–Crippen MR) is 58.5 cm³/mol. The molecule has 0 bridgehead atoms. The second-order valence-electron chi connectivity index (χ2n) is 4.42. The summed E-state index contributed by atoms with van der Waals surface area (Å²) < 4.78 is 73.0. The summed E-state index contributed by atoms with van der Waals surface area (Å²) in [7, 11) is 1.28. The fraction of sp³-hybridized carbons (Fsp3) is 0.417. The summed E-state index contributed by atoms with van der Waals surface area (Å²) in [5, 5.41) is 9.53. The zero-order chi connectivity index (χ0) is 16.1. The number of alkyl halides is 5. The molecule has 0 aromatic heterocycles. The molecule has 1 aromatic rings. The highest BCUT2D eigenvalue weighted by Gasteiger charge is 2.73. The fourth-order valence-electron chi connectivity index (χ4n) is 1.87. The monoisotopic (exact) mass is 312 g/mol. The van der Waals surface area contributed by atoms with Crippen molar-refractivity contribution in [2.45, 2.75) is 24.3 Å². The Balaban J connectivity index is 2.47. The van der Waals surface area contributed by atoms with Crippen LogP contribution in [0, 0.1) is 0 Å². The van der Waals surface area contributed by atoms with Crippen LogP contribution < -0.4 is 9.47 Å². The Kier molecular flexibility index (Phi) is 3.36. The van der Waals surface area contributed by atoms with Crippen LogP contribution in [0.25, 0.3) is 0 Å². The Morgan fingerprint density at radius 3 is 2.43 bits per heavy atom. The van der Waals surface area contributed by atoms with E-state index < -0.39 is 35.8 Å². The Labute approximate surface area is 115 Å². The lowest BCUT2D eigenvalue weighted by molar-refractivity contribution is -0.384. The number of carbonyl (C=O) groups is 1. The van der Waals surface area contributed by atoms with Crippen molar-refractivity contribution in [1.82, 2.24) is 0 Å². The molecule has 1 unspecified atom stereocenters. The van der Waals surface area contributed by atoms with Gasteiger partial charge < -0.3 is 14.6 Å². The summed E-state index contributed by atoms with van der Waals surface area (Å²) in [6.45, 7) is 0. The number of hydrogen-bond acceptors (Lipinski definition) is 4. The normalized spacial score (nSPS) is 22.5. The molecule has 1 atom stereocenters. The number of carbonyl (C=O) groups excluding carboxylic acids is 1. The van der Waals surface area contributed by atoms with Crippen LogP contribution in [-0.4, -0.2) is 35.9 Å². The molecule has 1 heterocycles. The van der Waals surface area contributed by atoms with Crippen molar-refractivity contribution < 1.29 is 41.3 Å². The van der Waals surface area contributed by atoms with E-state index in [2.05, 4.69) is 4.74 Å². The van der Waals surface area contributed by atoms with E-state index in [1.54, 1.807) is 0 Å².